The molecule has 0 spiro atoms. The number of hydrogen-bond acceptors (Lipinski definition) is 6. The van der Waals surface area contributed by atoms with Gasteiger partial charge >= 0.3 is 24.0 Å². The molecular weight excluding hydrogens is 544 g/mol. The molecule has 4 aromatic carbocycles. The highest BCUT2D eigenvalue weighted by Crippen LogP contribution is 2.27. The number of carboxylic acids is 2. The SMILES string of the molecule is NC(=O)N(C(=O)c1ccc2cc(C(=O)N(C(N)=O)C(C(=O)O)c3ccccc3)ccc2c1)C(C(=O)O)c1ccccc1. The van der Waals surface area contributed by atoms with Gasteiger partial charge in [0.15, 0.2) is 12.1 Å². The Hall–Kier alpha value is -6.04. The fourth-order valence-electron chi connectivity index (χ4n) is 4.55. The molecule has 0 fully saturated rings. The number of nitrogens with zero attached hydrogens (tertiary/aromatic N) is 2. The smallest absolute Gasteiger partial charge is 0.331 e. The number of hydrogen-bond donors (Lipinski definition) is 4. The van der Waals surface area contributed by atoms with E-state index < -0.39 is 47.9 Å². The number of fused-ring (bicyclic) bond motifs is 1. The number of rotatable bonds is 8. The van der Waals surface area contributed by atoms with Crippen LogP contribution in [0.15, 0.2) is 97.1 Å². The van der Waals surface area contributed by atoms with E-state index in [1.807, 2.05) is 0 Å². The molecule has 6 amide bonds. The summed E-state index contributed by atoms with van der Waals surface area (Å²) in [5.74, 6) is -4.86. The van der Waals surface area contributed by atoms with Gasteiger partial charge in [-0.1, -0.05) is 72.8 Å². The molecule has 0 radical (unpaired) electrons. The van der Waals surface area contributed by atoms with Gasteiger partial charge in [-0.2, -0.15) is 0 Å². The Morgan fingerprint density at radius 3 is 1.14 bits per heavy atom. The highest BCUT2D eigenvalue weighted by molar-refractivity contribution is 6.10. The molecule has 0 aliphatic heterocycles. The molecule has 0 heterocycles. The number of carbonyl (C=O) groups excluding carboxylic acids is 4. The first-order valence-corrected chi connectivity index (χ1v) is 12.4. The van der Waals surface area contributed by atoms with Gasteiger partial charge in [0.05, 0.1) is 0 Å². The van der Waals surface area contributed by atoms with E-state index in [1.165, 1.54) is 60.7 Å². The van der Waals surface area contributed by atoms with Crippen molar-refractivity contribution >= 4 is 46.6 Å². The standard InChI is InChI=1S/C30H24N4O8/c31-29(41)33(23(27(37)38)17-7-3-1-4-8-17)25(35)21-13-11-20-16-22(14-12-19(20)15-21)26(36)34(30(32)42)24(28(39)40)18-9-5-2-6-10-18/h1-16,23-24H,(H2,31,41)(H2,32,42)(H,37,38)(H,39,40). The van der Waals surface area contributed by atoms with Crippen molar-refractivity contribution < 1.29 is 39.0 Å². The normalized spacial score (nSPS) is 12.1. The second kappa shape index (κ2) is 12.0. The van der Waals surface area contributed by atoms with Crippen LogP contribution in [0, 0.1) is 0 Å². The summed E-state index contributed by atoms with van der Waals surface area (Å²) in [6.45, 7) is 0. The first kappa shape index (κ1) is 29.0. The number of urea groups is 2. The summed E-state index contributed by atoms with van der Waals surface area (Å²) in [6.07, 6.45) is 0. The van der Waals surface area contributed by atoms with Crippen LogP contribution in [0.1, 0.15) is 43.9 Å². The summed E-state index contributed by atoms with van der Waals surface area (Å²) in [5.41, 5.74) is 11.1. The highest BCUT2D eigenvalue weighted by Gasteiger charge is 2.37. The topological polar surface area (TPSA) is 201 Å². The van der Waals surface area contributed by atoms with Crippen LogP contribution in [0.25, 0.3) is 10.8 Å². The van der Waals surface area contributed by atoms with Crippen molar-refractivity contribution in [3.05, 3.63) is 119 Å². The Kier molecular flexibility index (Phi) is 8.27. The summed E-state index contributed by atoms with van der Waals surface area (Å²) in [7, 11) is 0. The van der Waals surface area contributed by atoms with E-state index in [4.69, 9.17) is 11.5 Å². The van der Waals surface area contributed by atoms with Crippen LogP contribution in [-0.2, 0) is 9.59 Å². The van der Waals surface area contributed by atoms with Gasteiger partial charge in [0.1, 0.15) is 0 Å². The molecule has 42 heavy (non-hydrogen) atoms. The molecule has 0 bridgehead atoms. The molecule has 212 valence electrons. The predicted molar refractivity (Wildman–Crippen MR) is 149 cm³/mol. The molecule has 6 N–H and O–H groups in total. The van der Waals surface area contributed by atoms with Crippen LogP contribution in [-0.4, -0.2) is 55.8 Å². The second-order valence-electron chi connectivity index (χ2n) is 9.11. The van der Waals surface area contributed by atoms with Crippen LogP contribution in [0.3, 0.4) is 0 Å². The Morgan fingerprint density at radius 1 is 0.524 bits per heavy atom. The van der Waals surface area contributed by atoms with Gasteiger partial charge in [-0.15, -0.1) is 0 Å². The lowest BCUT2D eigenvalue weighted by molar-refractivity contribution is -0.142. The fraction of sp³-hybridized carbons (Fsp3) is 0.0667. The summed E-state index contributed by atoms with van der Waals surface area (Å²) >= 11 is 0. The van der Waals surface area contributed by atoms with E-state index in [0.717, 1.165) is 0 Å². The molecule has 0 saturated heterocycles. The van der Waals surface area contributed by atoms with Gasteiger partial charge in [0, 0.05) is 11.1 Å². The summed E-state index contributed by atoms with van der Waals surface area (Å²) in [6, 6.07) is 17.7. The van der Waals surface area contributed by atoms with Crippen molar-refractivity contribution in [2.75, 3.05) is 0 Å². The van der Waals surface area contributed by atoms with Gasteiger partial charge in [-0.3, -0.25) is 9.59 Å². The first-order chi connectivity index (χ1) is 20.0. The molecule has 12 nitrogen and oxygen atoms in total. The van der Waals surface area contributed by atoms with E-state index in [-0.39, 0.29) is 22.3 Å². The quantitative estimate of drug-likeness (QED) is 0.247. The monoisotopic (exact) mass is 568 g/mol. The molecule has 0 saturated carbocycles. The van der Waals surface area contributed by atoms with Gasteiger partial charge < -0.3 is 21.7 Å². The summed E-state index contributed by atoms with van der Waals surface area (Å²) in [4.78, 5) is 76.3. The Bertz CT molecular complexity index is 1580. The number of nitrogens with two attached hydrogens (primary N) is 2. The van der Waals surface area contributed by atoms with E-state index in [1.54, 1.807) is 36.4 Å². The third-order valence-corrected chi connectivity index (χ3v) is 6.46. The molecular formula is C30H24N4O8. The minimum absolute atomic E-state index is 0.0589. The van der Waals surface area contributed by atoms with Crippen LogP contribution in [0.5, 0.6) is 0 Å². The number of benzene rings is 4. The van der Waals surface area contributed by atoms with Crippen molar-refractivity contribution in [3.8, 4) is 0 Å². The molecule has 4 aromatic rings. The van der Waals surface area contributed by atoms with Crippen molar-refractivity contribution in [3.63, 3.8) is 0 Å². The zero-order valence-electron chi connectivity index (χ0n) is 21.8. The van der Waals surface area contributed by atoms with Crippen molar-refractivity contribution in [2.45, 2.75) is 12.1 Å². The zero-order chi connectivity index (χ0) is 30.6. The number of primary amides is 2. The third-order valence-electron chi connectivity index (χ3n) is 6.46. The minimum Gasteiger partial charge on any atom is -0.479 e. The number of imide groups is 2. The molecule has 2 unspecified atom stereocenters. The van der Waals surface area contributed by atoms with E-state index in [0.29, 0.717) is 20.6 Å². The molecule has 0 aliphatic rings. The maximum Gasteiger partial charge on any atom is 0.331 e. The fourth-order valence-corrected chi connectivity index (χ4v) is 4.55. The van der Waals surface area contributed by atoms with E-state index >= 15 is 0 Å². The molecule has 2 atom stereocenters. The third kappa shape index (κ3) is 5.77. The maximum absolute atomic E-state index is 13.4. The van der Waals surface area contributed by atoms with E-state index in [2.05, 4.69) is 0 Å². The number of amides is 6. The molecule has 12 heteroatoms. The molecule has 4 rings (SSSR count). The van der Waals surface area contributed by atoms with Crippen LogP contribution >= 0.6 is 0 Å². The summed E-state index contributed by atoms with van der Waals surface area (Å²) < 4.78 is 0. The van der Waals surface area contributed by atoms with Crippen LogP contribution in [0.4, 0.5) is 9.59 Å². The van der Waals surface area contributed by atoms with Crippen LogP contribution < -0.4 is 11.5 Å². The predicted octanol–water partition coefficient (Wildman–Crippen LogP) is 3.53. The lowest BCUT2D eigenvalue weighted by Gasteiger charge is -2.26. The van der Waals surface area contributed by atoms with Crippen molar-refractivity contribution in [1.82, 2.24) is 9.80 Å². The Morgan fingerprint density at radius 2 is 0.857 bits per heavy atom. The minimum atomic E-state index is -1.68. The maximum atomic E-state index is 13.4. The molecule has 0 aliphatic carbocycles. The second-order valence-corrected chi connectivity index (χ2v) is 9.11. The average molecular weight is 569 g/mol. The molecule has 0 aromatic heterocycles. The van der Waals surface area contributed by atoms with Gasteiger partial charge in [0.25, 0.3) is 11.8 Å². The number of carboxylic acid groups (broad SMARTS) is 2. The number of aliphatic carboxylic acids is 2. The number of carbonyl (C=O) groups is 6. The van der Waals surface area contributed by atoms with Gasteiger partial charge in [-0.25, -0.2) is 29.0 Å². The van der Waals surface area contributed by atoms with Gasteiger partial charge in [-0.05, 0) is 46.2 Å². The Balaban J connectivity index is 1.69. The van der Waals surface area contributed by atoms with Crippen molar-refractivity contribution in [2.24, 2.45) is 11.5 Å². The van der Waals surface area contributed by atoms with Gasteiger partial charge in [0.2, 0.25) is 0 Å². The Labute approximate surface area is 238 Å². The lowest BCUT2D eigenvalue weighted by atomic mass is 10.0. The zero-order valence-corrected chi connectivity index (χ0v) is 21.8. The first-order valence-electron chi connectivity index (χ1n) is 12.4. The average Bonchev–Trinajstić information content (AvgIpc) is 2.97. The highest BCUT2D eigenvalue weighted by atomic mass is 16.4. The van der Waals surface area contributed by atoms with Crippen LogP contribution in [0.2, 0.25) is 0 Å². The van der Waals surface area contributed by atoms with E-state index in [9.17, 15) is 39.0 Å². The largest absolute Gasteiger partial charge is 0.479 e. The lowest BCUT2D eigenvalue weighted by Crippen LogP contribution is -2.46. The van der Waals surface area contributed by atoms with Crippen molar-refractivity contribution in [1.29, 1.82) is 0 Å². The summed E-state index contributed by atoms with van der Waals surface area (Å²) in [5, 5.41) is 20.5.